The molecule has 1 N–H and O–H groups in total. The van der Waals surface area contributed by atoms with Crippen LogP contribution < -0.4 is 0 Å². The van der Waals surface area contributed by atoms with Crippen LogP contribution in [-0.2, 0) is 11.3 Å². The molecule has 4 saturated carbocycles. The lowest BCUT2D eigenvalue weighted by atomic mass is 9.39. The lowest BCUT2D eigenvalue weighted by molar-refractivity contribution is -0.177. The summed E-state index contributed by atoms with van der Waals surface area (Å²) < 4.78 is 1.63. The van der Waals surface area contributed by atoms with Gasteiger partial charge in [-0.25, -0.2) is 0 Å². The van der Waals surface area contributed by atoms with Crippen LogP contribution in [0.3, 0.4) is 0 Å². The molecule has 0 amide bonds. The smallest absolute Gasteiger partial charge is 0.157 e. The number of carbonyl (C=O) groups excluding carboxylic acids is 1. The van der Waals surface area contributed by atoms with Gasteiger partial charge in [-0.05, 0) is 93.3 Å². The van der Waals surface area contributed by atoms with Crippen molar-refractivity contribution in [2.45, 2.75) is 77.4 Å². The van der Waals surface area contributed by atoms with E-state index in [2.05, 4.69) is 18.1 Å². The van der Waals surface area contributed by atoms with E-state index in [9.17, 15) is 9.90 Å². The highest BCUT2D eigenvalue weighted by atomic mass is 16.3. The van der Waals surface area contributed by atoms with E-state index in [1.165, 1.54) is 31.9 Å². The fourth-order valence-corrected chi connectivity index (χ4v) is 7.95. The van der Waals surface area contributed by atoms with Crippen LogP contribution in [0.5, 0.6) is 0 Å². The van der Waals surface area contributed by atoms with E-state index >= 15 is 0 Å². The molecule has 4 aliphatic carbocycles. The molecule has 1 aromatic heterocycles. The van der Waals surface area contributed by atoms with Crippen molar-refractivity contribution in [2.24, 2.45) is 40.9 Å². The molecule has 8 atom stereocenters. The molecule has 5 rings (SSSR count). The van der Waals surface area contributed by atoms with E-state index in [1.807, 2.05) is 6.92 Å². The SMILES string of the molecule is C[C@@]1(O)CC[C@H]2[C@@H](CC[C@@H]3[C@@H]2CC[C@]2(C)[C@@H](C(=O)Cn4cc(C#N)cn4)C[C@@H]32)C1. The number of Topliss-reactive ketones (excluding diaryl/α,β-unsaturated/α-hetero) is 1. The number of carbonyl (C=O) groups is 1. The van der Waals surface area contributed by atoms with Gasteiger partial charge in [0.05, 0.1) is 23.9 Å². The number of hydrogen-bond donors (Lipinski definition) is 1. The quantitative estimate of drug-likeness (QED) is 0.840. The molecule has 0 spiro atoms. The van der Waals surface area contributed by atoms with Gasteiger partial charge in [-0.1, -0.05) is 6.92 Å². The number of hydrogen-bond acceptors (Lipinski definition) is 4. The van der Waals surface area contributed by atoms with Crippen LogP contribution >= 0.6 is 0 Å². The minimum absolute atomic E-state index is 0.146. The van der Waals surface area contributed by atoms with E-state index < -0.39 is 5.60 Å². The van der Waals surface area contributed by atoms with E-state index in [4.69, 9.17) is 5.26 Å². The molecule has 4 aliphatic rings. The average molecular weight is 396 g/mol. The zero-order valence-electron chi connectivity index (χ0n) is 17.7. The first kappa shape index (κ1) is 19.3. The van der Waals surface area contributed by atoms with Gasteiger partial charge in [-0.15, -0.1) is 0 Å². The fourth-order valence-electron chi connectivity index (χ4n) is 7.95. The zero-order valence-corrected chi connectivity index (χ0v) is 17.7. The molecule has 4 fully saturated rings. The molecule has 0 unspecified atom stereocenters. The highest BCUT2D eigenvalue weighted by molar-refractivity contribution is 5.82. The van der Waals surface area contributed by atoms with Crippen LogP contribution in [-0.4, -0.2) is 26.3 Å². The number of nitriles is 1. The molecule has 156 valence electrons. The first-order valence-corrected chi connectivity index (χ1v) is 11.5. The third kappa shape index (κ3) is 3.06. The second-order valence-electron chi connectivity index (χ2n) is 11.0. The Bertz CT molecular complexity index is 853. The van der Waals surface area contributed by atoms with Gasteiger partial charge in [0.15, 0.2) is 5.78 Å². The van der Waals surface area contributed by atoms with Crippen molar-refractivity contribution in [1.29, 1.82) is 5.26 Å². The number of nitrogens with zero attached hydrogens (tertiary/aromatic N) is 3. The van der Waals surface area contributed by atoms with Gasteiger partial charge in [0.1, 0.15) is 6.07 Å². The molecule has 0 saturated heterocycles. The van der Waals surface area contributed by atoms with Gasteiger partial charge in [0, 0.05) is 12.1 Å². The molecule has 0 aliphatic heterocycles. The normalized spacial score (nSPS) is 45.9. The molecule has 0 radical (unpaired) electrons. The Morgan fingerprint density at radius 1 is 1.24 bits per heavy atom. The van der Waals surface area contributed by atoms with Crippen molar-refractivity contribution < 1.29 is 9.90 Å². The van der Waals surface area contributed by atoms with Crippen molar-refractivity contribution in [2.75, 3.05) is 0 Å². The minimum Gasteiger partial charge on any atom is -0.390 e. The van der Waals surface area contributed by atoms with Crippen LogP contribution in [0.25, 0.3) is 0 Å². The van der Waals surface area contributed by atoms with Gasteiger partial charge in [-0.2, -0.15) is 10.4 Å². The predicted molar refractivity (Wildman–Crippen MR) is 109 cm³/mol. The van der Waals surface area contributed by atoms with Crippen LogP contribution in [0.2, 0.25) is 0 Å². The summed E-state index contributed by atoms with van der Waals surface area (Å²) in [6.07, 6.45) is 12.3. The molecule has 1 aromatic rings. The van der Waals surface area contributed by atoms with E-state index in [1.54, 1.807) is 10.9 Å². The number of aromatic nitrogens is 2. The van der Waals surface area contributed by atoms with E-state index in [0.29, 0.717) is 23.9 Å². The van der Waals surface area contributed by atoms with Gasteiger partial charge < -0.3 is 5.11 Å². The Kier molecular flexibility index (Phi) is 4.44. The summed E-state index contributed by atoms with van der Waals surface area (Å²) in [4.78, 5) is 13.0. The first-order valence-electron chi connectivity index (χ1n) is 11.5. The maximum absolute atomic E-state index is 13.0. The third-order valence-corrected chi connectivity index (χ3v) is 9.43. The third-order valence-electron chi connectivity index (χ3n) is 9.43. The van der Waals surface area contributed by atoms with Crippen molar-refractivity contribution >= 4 is 5.78 Å². The average Bonchev–Trinajstić information content (AvgIpc) is 3.11. The Morgan fingerprint density at radius 2 is 2.03 bits per heavy atom. The molecule has 1 heterocycles. The van der Waals surface area contributed by atoms with Crippen molar-refractivity contribution in [3.8, 4) is 6.07 Å². The highest BCUT2D eigenvalue weighted by Gasteiger charge is 2.62. The lowest BCUT2D eigenvalue weighted by Gasteiger charge is -2.65. The maximum Gasteiger partial charge on any atom is 0.157 e. The molecular weight excluding hydrogens is 362 g/mol. The van der Waals surface area contributed by atoms with Gasteiger partial charge in [0.2, 0.25) is 0 Å². The summed E-state index contributed by atoms with van der Waals surface area (Å²) in [7, 11) is 0. The Morgan fingerprint density at radius 3 is 2.79 bits per heavy atom. The second-order valence-corrected chi connectivity index (χ2v) is 11.0. The first-order chi connectivity index (χ1) is 13.8. The van der Waals surface area contributed by atoms with Crippen LogP contribution in [0.15, 0.2) is 12.4 Å². The summed E-state index contributed by atoms with van der Waals surface area (Å²) >= 11 is 0. The van der Waals surface area contributed by atoms with Crippen molar-refractivity contribution in [3.63, 3.8) is 0 Å². The van der Waals surface area contributed by atoms with E-state index in [-0.39, 0.29) is 17.1 Å². The molecule has 5 nitrogen and oxygen atoms in total. The summed E-state index contributed by atoms with van der Waals surface area (Å²) in [5, 5.41) is 23.7. The fraction of sp³-hybridized carbons (Fsp3) is 0.792. The summed E-state index contributed by atoms with van der Waals surface area (Å²) in [5.74, 6) is 4.20. The maximum atomic E-state index is 13.0. The standard InChI is InChI=1S/C24H33N3O2/c1-23(29)7-5-17-16(10-23)3-4-19-18(17)6-8-24(2)20(19)9-21(24)22(28)14-27-13-15(11-25)12-26-27/h12-13,16-21,29H,3-10,14H2,1-2H3/t16-,17-,18+,19+,20-,21+,23+,24-/m0/s1. The van der Waals surface area contributed by atoms with Crippen LogP contribution in [0.1, 0.15) is 70.8 Å². The van der Waals surface area contributed by atoms with Gasteiger partial charge in [0.25, 0.3) is 0 Å². The molecule has 29 heavy (non-hydrogen) atoms. The van der Waals surface area contributed by atoms with Gasteiger partial charge >= 0.3 is 0 Å². The second kappa shape index (κ2) is 6.67. The van der Waals surface area contributed by atoms with Crippen molar-refractivity contribution in [3.05, 3.63) is 18.0 Å². The molecule has 0 aromatic carbocycles. The molecular formula is C24H33N3O2. The highest BCUT2D eigenvalue weighted by Crippen LogP contribution is 2.67. The topological polar surface area (TPSA) is 78.9 Å². The number of ketones is 1. The minimum atomic E-state index is -0.455. The lowest BCUT2D eigenvalue weighted by Crippen LogP contribution is -2.60. The Labute approximate surface area is 173 Å². The number of aliphatic hydroxyl groups is 1. The van der Waals surface area contributed by atoms with Crippen LogP contribution in [0.4, 0.5) is 0 Å². The summed E-state index contributed by atoms with van der Waals surface area (Å²) in [6.45, 7) is 4.68. The zero-order chi connectivity index (χ0) is 20.4. The van der Waals surface area contributed by atoms with E-state index in [0.717, 1.165) is 43.4 Å². The van der Waals surface area contributed by atoms with Gasteiger partial charge in [-0.3, -0.25) is 9.48 Å². The summed E-state index contributed by atoms with van der Waals surface area (Å²) in [6, 6.07) is 2.08. The Balaban J connectivity index is 1.26. The molecule has 5 heteroatoms. The van der Waals surface area contributed by atoms with Crippen molar-refractivity contribution in [1.82, 2.24) is 9.78 Å². The monoisotopic (exact) mass is 395 g/mol. The summed E-state index contributed by atoms with van der Waals surface area (Å²) in [5.41, 5.74) is 0.207. The largest absolute Gasteiger partial charge is 0.390 e. The number of rotatable bonds is 3. The van der Waals surface area contributed by atoms with Crippen LogP contribution in [0, 0.1) is 52.3 Å². The Hall–Kier alpha value is -1.67. The number of fused-ring (bicyclic) bond motifs is 5. The predicted octanol–water partition coefficient (Wildman–Crippen LogP) is 3.95. The molecule has 0 bridgehead atoms.